The lowest BCUT2D eigenvalue weighted by Crippen LogP contribution is -2.32. The summed E-state index contributed by atoms with van der Waals surface area (Å²) in [4.78, 5) is 7.13. The summed E-state index contributed by atoms with van der Waals surface area (Å²) in [6.45, 7) is 8.65. The van der Waals surface area contributed by atoms with Gasteiger partial charge in [0.15, 0.2) is 0 Å². The van der Waals surface area contributed by atoms with Crippen molar-refractivity contribution in [1.29, 1.82) is 0 Å². The molecule has 19 heavy (non-hydrogen) atoms. The Hall–Kier alpha value is -1.00. The van der Waals surface area contributed by atoms with E-state index in [1.165, 1.54) is 19.3 Å². The Morgan fingerprint density at radius 2 is 2.16 bits per heavy atom. The SMILES string of the molecule is CCCCCN(Cc1cccnc1C(N)=S)C(C)C. The van der Waals surface area contributed by atoms with E-state index in [-0.39, 0.29) is 0 Å². The molecule has 0 aliphatic rings. The summed E-state index contributed by atoms with van der Waals surface area (Å²) in [5.74, 6) is 0. The van der Waals surface area contributed by atoms with Crippen LogP contribution in [0.2, 0.25) is 0 Å². The van der Waals surface area contributed by atoms with E-state index in [1.54, 1.807) is 6.20 Å². The summed E-state index contributed by atoms with van der Waals surface area (Å²) in [7, 11) is 0. The average molecular weight is 279 g/mol. The van der Waals surface area contributed by atoms with Crippen molar-refractivity contribution in [2.24, 2.45) is 5.73 Å². The zero-order valence-electron chi connectivity index (χ0n) is 12.2. The highest BCUT2D eigenvalue weighted by Gasteiger charge is 2.13. The Balaban J connectivity index is 2.76. The Bertz CT molecular complexity index is 404. The van der Waals surface area contributed by atoms with E-state index in [1.807, 2.05) is 6.07 Å². The van der Waals surface area contributed by atoms with Gasteiger partial charge >= 0.3 is 0 Å². The van der Waals surface area contributed by atoms with Crippen molar-refractivity contribution >= 4 is 17.2 Å². The van der Waals surface area contributed by atoms with E-state index in [4.69, 9.17) is 18.0 Å². The molecule has 0 saturated carbocycles. The number of rotatable bonds is 8. The van der Waals surface area contributed by atoms with Gasteiger partial charge in [0.25, 0.3) is 0 Å². The van der Waals surface area contributed by atoms with Crippen molar-refractivity contribution < 1.29 is 0 Å². The monoisotopic (exact) mass is 279 g/mol. The molecule has 0 aliphatic carbocycles. The molecule has 0 aromatic carbocycles. The zero-order chi connectivity index (χ0) is 14.3. The van der Waals surface area contributed by atoms with Gasteiger partial charge in [-0.1, -0.05) is 38.0 Å². The molecular formula is C15H25N3S. The predicted molar refractivity (Wildman–Crippen MR) is 85.2 cm³/mol. The van der Waals surface area contributed by atoms with Crippen molar-refractivity contribution in [1.82, 2.24) is 9.88 Å². The van der Waals surface area contributed by atoms with Gasteiger partial charge in [0, 0.05) is 18.8 Å². The molecule has 1 rings (SSSR count). The van der Waals surface area contributed by atoms with Gasteiger partial charge in [-0.25, -0.2) is 0 Å². The van der Waals surface area contributed by atoms with Crippen molar-refractivity contribution in [3.05, 3.63) is 29.6 Å². The summed E-state index contributed by atoms with van der Waals surface area (Å²) in [6, 6.07) is 4.52. The van der Waals surface area contributed by atoms with Crippen LogP contribution in [0.3, 0.4) is 0 Å². The molecule has 0 unspecified atom stereocenters. The van der Waals surface area contributed by atoms with Crippen LogP contribution < -0.4 is 5.73 Å². The molecule has 0 atom stereocenters. The summed E-state index contributed by atoms with van der Waals surface area (Å²) < 4.78 is 0. The van der Waals surface area contributed by atoms with E-state index in [0.29, 0.717) is 11.0 Å². The van der Waals surface area contributed by atoms with Crippen molar-refractivity contribution in [3.8, 4) is 0 Å². The molecule has 0 spiro atoms. The highest BCUT2D eigenvalue weighted by atomic mass is 32.1. The van der Waals surface area contributed by atoms with Crippen LogP contribution in [0.25, 0.3) is 0 Å². The minimum absolute atomic E-state index is 0.382. The number of aromatic nitrogens is 1. The molecule has 1 aromatic rings. The number of hydrogen-bond donors (Lipinski definition) is 1. The second-order valence-electron chi connectivity index (χ2n) is 5.15. The second kappa shape index (κ2) is 8.23. The first-order valence-electron chi connectivity index (χ1n) is 7.04. The van der Waals surface area contributed by atoms with Gasteiger partial charge in [-0.2, -0.15) is 0 Å². The maximum absolute atomic E-state index is 5.74. The van der Waals surface area contributed by atoms with Gasteiger partial charge in [0.2, 0.25) is 0 Å². The molecule has 4 heteroatoms. The largest absolute Gasteiger partial charge is 0.388 e. The fourth-order valence-electron chi connectivity index (χ4n) is 2.09. The van der Waals surface area contributed by atoms with E-state index in [9.17, 15) is 0 Å². The molecule has 0 saturated heterocycles. The molecule has 0 amide bonds. The summed E-state index contributed by atoms with van der Waals surface area (Å²) in [6.07, 6.45) is 5.50. The molecule has 3 nitrogen and oxygen atoms in total. The third kappa shape index (κ3) is 5.25. The van der Waals surface area contributed by atoms with Crippen LogP contribution in [0.4, 0.5) is 0 Å². The minimum Gasteiger partial charge on any atom is -0.388 e. The van der Waals surface area contributed by atoms with Gasteiger partial charge in [-0.05, 0) is 38.4 Å². The summed E-state index contributed by atoms with van der Waals surface area (Å²) in [5, 5.41) is 0. The van der Waals surface area contributed by atoms with E-state index < -0.39 is 0 Å². The number of thiocarbonyl (C=S) groups is 1. The van der Waals surface area contributed by atoms with Gasteiger partial charge in [0.05, 0.1) is 0 Å². The van der Waals surface area contributed by atoms with Crippen LogP contribution in [0, 0.1) is 0 Å². The Kier molecular flexibility index (Phi) is 6.95. The standard InChI is InChI=1S/C15H25N3S/c1-4-5-6-10-18(12(2)3)11-13-8-7-9-17-14(13)15(16)19/h7-9,12H,4-6,10-11H2,1-3H3,(H2,16,19). The van der Waals surface area contributed by atoms with Crippen molar-refractivity contribution in [2.75, 3.05) is 6.54 Å². The van der Waals surface area contributed by atoms with Gasteiger partial charge in [-0.15, -0.1) is 0 Å². The maximum atomic E-state index is 5.74. The average Bonchev–Trinajstić information content (AvgIpc) is 2.38. The van der Waals surface area contributed by atoms with Crippen molar-refractivity contribution in [2.45, 2.75) is 52.6 Å². The van der Waals surface area contributed by atoms with Crippen LogP contribution in [0.5, 0.6) is 0 Å². The van der Waals surface area contributed by atoms with Gasteiger partial charge < -0.3 is 5.73 Å². The van der Waals surface area contributed by atoms with Crippen molar-refractivity contribution in [3.63, 3.8) is 0 Å². The Labute approximate surface area is 122 Å². The highest BCUT2D eigenvalue weighted by Crippen LogP contribution is 2.13. The third-order valence-corrected chi connectivity index (χ3v) is 3.47. The molecule has 0 fully saturated rings. The number of pyridine rings is 1. The lowest BCUT2D eigenvalue weighted by molar-refractivity contribution is 0.208. The number of nitrogens with zero attached hydrogens (tertiary/aromatic N) is 2. The second-order valence-corrected chi connectivity index (χ2v) is 5.59. The zero-order valence-corrected chi connectivity index (χ0v) is 13.0. The molecule has 2 N–H and O–H groups in total. The Morgan fingerprint density at radius 1 is 1.42 bits per heavy atom. The van der Waals surface area contributed by atoms with E-state index in [2.05, 4.69) is 36.7 Å². The molecule has 0 radical (unpaired) electrons. The van der Waals surface area contributed by atoms with Crippen LogP contribution in [-0.4, -0.2) is 27.5 Å². The Morgan fingerprint density at radius 3 is 2.74 bits per heavy atom. The van der Waals surface area contributed by atoms with Crippen LogP contribution in [0.15, 0.2) is 18.3 Å². The fraction of sp³-hybridized carbons (Fsp3) is 0.600. The van der Waals surface area contributed by atoms with E-state index in [0.717, 1.165) is 24.3 Å². The predicted octanol–water partition coefficient (Wildman–Crippen LogP) is 3.12. The molecule has 1 heterocycles. The lowest BCUT2D eigenvalue weighted by Gasteiger charge is -2.27. The topological polar surface area (TPSA) is 42.2 Å². The van der Waals surface area contributed by atoms with Crippen LogP contribution in [-0.2, 0) is 6.54 Å². The summed E-state index contributed by atoms with van der Waals surface area (Å²) >= 11 is 5.07. The van der Waals surface area contributed by atoms with Crippen LogP contribution >= 0.6 is 12.2 Å². The van der Waals surface area contributed by atoms with Crippen LogP contribution in [0.1, 0.15) is 51.3 Å². The molecule has 0 aliphatic heterocycles. The normalized spacial score (nSPS) is 11.2. The number of hydrogen-bond acceptors (Lipinski definition) is 3. The molecule has 0 bridgehead atoms. The quantitative estimate of drug-likeness (QED) is 0.586. The van der Waals surface area contributed by atoms with E-state index >= 15 is 0 Å². The van der Waals surface area contributed by atoms with Gasteiger partial charge in [0.1, 0.15) is 10.7 Å². The molecular weight excluding hydrogens is 254 g/mol. The molecule has 1 aromatic heterocycles. The number of nitrogens with two attached hydrogens (primary N) is 1. The number of unbranched alkanes of at least 4 members (excludes halogenated alkanes) is 2. The maximum Gasteiger partial charge on any atom is 0.123 e. The minimum atomic E-state index is 0.382. The first kappa shape index (κ1) is 16.1. The third-order valence-electron chi connectivity index (χ3n) is 3.28. The molecule has 106 valence electrons. The fourth-order valence-corrected chi connectivity index (χ4v) is 2.28. The first-order chi connectivity index (χ1) is 9.06. The summed E-state index contributed by atoms with van der Waals surface area (Å²) in [5.41, 5.74) is 7.63. The lowest BCUT2D eigenvalue weighted by atomic mass is 10.1. The van der Waals surface area contributed by atoms with Gasteiger partial charge in [-0.3, -0.25) is 9.88 Å². The smallest absolute Gasteiger partial charge is 0.123 e. The highest BCUT2D eigenvalue weighted by molar-refractivity contribution is 7.80. The first-order valence-corrected chi connectivity index (χ1v) is 7.44.